The summed E-state index contributed by atoms with van der Waals surface area (Å²) in [4.78, 5) is 27.0. The van der Waals surface area contributed by atoms with E-state index in [1.165, 1.54) is 6.92 Å². The molecule has 2 aromatic rings. The van der Waals surface area contributed by atoms with Crippen molar-refractivity contribution in [1.29, 1.82) is 0 Å². The van der Waals surface area contributed by atoms with Crippen LogP contribution >= 0.6 is 11.6 Å². The third-order valence-electron chi connectivity index (χ3n) is 2.48. The maximum Gasteiger partial charge on any atom is 0.324 e. The molecular weight excluding hydrogens is 278 g/mol. The molecule has 0 aliphatic heterocycles. The number of aromatic nitrogens is 1. The number of urea groups is 1. The van der Waals surface area contributed by atoms with Crippen molar-refractivity contribution in [2.75, 3.05) is 10.6 Å². The zero-order chi connectivity index (χ0) is 14.5. The minimum atomic E-state index is -0.458. The molecule has 6 heteroatoms. The van der Waals surface area contributed by atoms with Gasteiger partial charge in [-0.05, 0) is 31.2 Å². The van der Waals surface area contributed by atoms with Crippen molar-refractivity contribution >= 4 is 34.9 Å². The Bertz CT molecular complexity index is 658. The van der Waals surface area contributed by atoms with Gasteiger partial charge in [0, 0.05) is 11.3 Å². The SMILES string of the molecule is CC(=O)c1cccc(NC(=O)Nc2cccc(Cl)n2)c1. The number of hydrogen-bond acceptors (Lipinski definition) is 3. The Morgan fingerprint density at radius 2 is 1.85 bits per heavy atom. The van der Waals surface area contributed by atoms with E-state index in [1.807, 2.05) is 0 Å². The molecule has 0 saturated carbocycles. The zero-order valence-electron chi connectivity index (χ0n) is 10.7. The van der Waals surface area contributed by atoms with Gasteiger partial charge in [0.25, 0.3) is 0 Å². The van der Waals surface area contributed by atoms with Gasteiger partial charge in [0.05, 0.1) is 0 Å². The molecule has 1 heterocycles. The highest BCUT2D eigenvalue weighted by atomic mass is 35.5. The molecule has 2 amide bonds. The van der Waals surface area contributed by atoms with Gasteiger partial charge >= 0.3 is 6.03 Å². The molecule has 0 fully saturated rings. The van der Waals surface area contributed by atoms with Crippen LogP contribution in [-0.4, -0.2) is 16.8 Å². The summed E-state index contributed by atoms with van der Waals surface area (Å²) in [6.07, 6.45) is 0. The summed E-state index contributed by atoms with van der Waals surface area (Å²) < 4.78 is 0. The average Bonchev–Trinajstić information content (AvgIpc) is 2.38. The van der Waals surface area contributed by atoms with Gasteiger partial charge in [-0.1, -0.05) is 29.8 Å². The molecule has 5 nitrogen and oxygen atoms in total. The maximum atomic E-state index is 11.8. The Labute approximate surface area is 121 Å². The first kappa shape index (κ1) is 14.0. The number of halogens is 1. The van der Waals surface area contributed by atoms with Gasteiger partial charge in [-0.15, -0.1) is 0 Å². The molecule has 2 rings (SSSR count). The Morgan fingerprint density at radius 3 is 2.55 bits per heavy atom. The number of rotatable bonds is 3. The lowest BCUT2D eigenvalue weighted by Gasteiger charge is -2.08. The van der Waals surface area contributed by atoms with E-state index >= 15 is 0 Å². The van der Waals surface area contributed by atoms with Crippen molar-refractivity contribution in [3.63, 3.8) is 0 Å². The number of pyridine rings is 1. The highest BCUT2D eigenvalue weighted by Gasteiger charge is 2.05. The van der Waals surface area contributed by atoms with E-state index in [0.717, 1.165) is 0 Å². The predicted octanol–water partition coefficient (Wildman–Crippen LogP) is 3.58. The van der Waals surface area contributed by atoms with E-state index in [1.54, 1.807) is 42.5 Å². The van der Waals surface area contributed by atoms with E-state index in [-0.39, 0.29) is 5.78 Å². The summed E-state index contributed by atoms with van der Waals surface area (Å²) in [6, 6.07) is 11.1. The molecule has 0 spiro atoms. The summed E-state index contributed by atoms with van der Waals surface area (Å²) in [5.74, 6) is 0.281. The number of ketones is 1. The number of Topliss-reactive ketones (excluding diaryl/α,β-unsaturated/α-hetero) is 1. The lowest BCUT2D eigenvalue weighted by molar-refractivity contribution is 0.101. The Kier molecular flexibility index (Phi) is 4.32. The predicted molar refractivity (Wildman–Crippen MR) is 78.3 cm³/mol. The molecule has 1 aromatic carbocycles. The number of nitrogens with one attached hydrogen (secondary N) is 2. The minimum absolute atomic E-state index is 0.0643. The van der Waals surface area contributed by atoms with Gasteiger partial charge in [-0.3, -0.25) is 10.1 Å². The van der Waals surface area contributed by atoms with E-state index in [2.05, 4.69) is 15.6 Å². The smallest absolute Gasteiger partial charge is 0.308 e. The summed E-state index contributed by atoms with van der Waals surface area (Å²) in [6.45, 7) is 1.47. The van der Waals surface area contributed by atoms with Crippen LogP contribution in [0.15, 0.2) is 42.5 Å². The van der Waals surface area contributed by atoms with Gasteiger partial charge in [0.1, 0.15) is 11.0 Å². The second-order valence-electron chi connectivity index (χ2n) is 4.06. The highest BCUT2D eigenvalue weighted by Crippen LogP contribution is 2.13. The number of benzene rings is 1. The monoisotopic (exact) mass is 289 g/mol. The van der Waals surface area contributed by atoms with Crippen LogP contribution in [0, 0.1) is 0 Å². The minimum Gasteiger partial charge on any atom is -0.308 e. The molecule has 0 radical (unpaired) electrons. The molecule has 1 aromatic heterocycles. The topological polar surface area (TPSA) is 71.1 Å². The van der Waals surface area contributed by atoms with Crippen molar-refractivity contribution in [3.8, 4) is 0 Å². The van der Waals surface area contributed by atoms with Gasteiger partial charge in [-0.25, -0.2) is 9.78 Å². The van der Waals surface area contributed by atoms with Crippen LogP contribution in [0.5, 0.6) is 0 Å². The van der Waals surface area contributed by atoms with E-state index < -0.39 is 6.03 Å². The van der Waals surface area contributed by atoms with Crippen LogP contribution in [-0.2, 0) is 0 Å². The first-order valence-corrected chi connectivity index (χ1v) is 6.24. The van der Waals surface area contributed by atoms with Crippen molar-refractivity contribution in [2.24, 2.45) is 0 Å². The maximum absolute atomic E-state index is 11.8. The van der Waals surface area contributed by atoms with Crippen LogP contribution in [0.4, 0.5) is 16.3 Å². The molecule has 0 bridgehead atoms. The Balaban J connectivity index is 2.04. The Hall–Kier alpha value is -2.40. The lowest BCUT2D eigenvalue weighted by atomic mass is 10.1. The second-order valence-corrected chi connectivity index (χ2v) is 4.45. The number of carbonyl (C=O) groups excluding carboxylic acids is 2. The van der Waals surface area contributed by atoms with E-state index in [4.69, 9.17) is 11.6 Å². The molecule has 0 aliphatic rings. The van der Waals surface area contributed by atoms with Gasteiger partial charge < -0.3 is 5.32 Å². The number of anilines is 2. The summed E-state index contributed by atoms with van der Waals surface area (Å²) >= 11 is 5.72. The van der Waals surface area contributed by atoms with Gasteiger partial charge in [0.2, 0.25) is 0 Å². The fourth-order valence-electron chi connectivity index (χ4n) is 1.57. The number of hydrogen-bond donors (Lipinski definition) is 2. The molecule has 0 aliphatic carbocycles. The molecule has 0 atom stereocenters. The fourth-order valence-corrected chi connectivity index (χ4v) is 1.74. The van der Waals surface area contributed by atoms with Gasteiger partial charge in [0.15, 0.2) is 5.78 Å². The standard InChI is InChI=1S/C14H12ClN3O2/c1-9(19)10-4-2-5-11(8-10)16-14(20)18-13-7-3-6-12(15)17-13/h2-8H,1H3,(H2,16,17,18,20). The van der Waals surface area contributed by atoms with Crippen LogP contribution in [0.2, 0.25) is 5.15 Å². The van der Waals surface area contributed by atoms with Crippen LogP contribution in [0.25, 0.3) is 0 Å². The number of carbonyl (C=O) groups is 2. The molecule has 0 saturated heterocycles. The molecule has 20 heavy (non-hydrogen) atoms. The third-order valence-corrected chi connectivity index (χ3v) is 2.69. The van der Waals surface area contributed by atoms with Crippen LogP contribution in [0.1, 0.15) is 17.3 Å². The Morgan fingerprint density at radius 1 is 1.10 bits per heavy atom. The normalized spacial score (nSPS) is 9.90. The van der Waals surface area contributed by atoms with Crippen molar-refractivity contribution in [1.82, 2.24) is 4.98 Å². The van der Waals surface area contributed by atoms with E-state index in [9.17, 15) is 9.59 Å². The lowest BCUT2D eigenvalue weighted by Crippen LogP contribution is -2.20. The summed E-state index contributed by atoms with van der Waals surface area (Å²) in [5.41, 5.74) is 1.06. The van der Waals surface area contributed by atoms with E-state index in [0.29, 0.717) is 22.2 Å². The zero-order valence-corrected chi connectivity index (χ0v) is 11.4. The largest absolute Gasteiger partial charge is 0.324 e. The number of nitrogens with zero attached hydrogens (tertiary/aromatic N) is 1. The molecule has 0 unspecified atom stereocenters. The van der Waals surface area contributed by atoms with Crippen LogP contribution in [0.3, 0.4) is 0 Å². The van der Waals surface area contributed by atoms with Crippen molar-refractivity contribution in [2.45, 2.75) is 6.92 Å². The molecule has 2 N–H and O–H groups in total. The third kappa shape index (κ3) is 3.80. The second kappa shape index (κ2) is 6.16. The first-order valence-electron chi connectivity index (χ1n) is 5.86. The van der Waals surface area contributed by atoms with Crippen molar-refractivity contribution < 1.29 is 9.59 Å². The van der Waals surface area contributed by atoms with Gasteiger partial charge in [-0.2, -0.15) is 0 Å². The average molecular weight is 290 g/mol. The fraction of sp³-hybridized carbons (Fsp3) is 0.0714. The van der Waals surface area contributed by atoms with Crippen LogP contribution < -0.4 is 10.6 Å². The first-order chi connectivity index (χ1) is 9.54. The quantitative estimate of drug-likeness (QED) is 0.670. The molecular formula is C14H12ClN3O2. The highest BCUT2D eigenvalue weighted by molar-refractivity contribution is 6.29. The summed E-state index contributed by atoms with van der Waals surface area (Å²) in [7, 11) is 0. The number of amides is 2. The van der Waals surface area contributed by atoms with Crippen molar-refractivity contribution in [3.05, 3.63) is 53.2 Å². The summed E-state index contributed by atoms with van der Waals surface area (Å²) in [5, 5.41) is 5.46. The molecule has 102 valence electrons.